The maximum Gasteiger partial charge on any atom is 0.412 e. The van der Waals surface area contributed by atoms with Crippen molar-refractivity contribution in [2.75, 3.05) is 17.6 Å². The summed E-state index contributed by atoms with van der Waals surface area (Å²) in [5.74, 6) is -0.286. The lowest BCUT2D eigenvalue weighted by Crippen LogP contribution is -2.27. The van der Waals surface area contributed by atoms with Crippen LogP contribution in [0.1, 0.15) is 50.0 Å². The van der Waals surface area contributed by atoms with Gasteiger partial charge in [-0.1, -0.05) is 48.5 Å². The van der Waals surface area contributed by atoms with Crippen LogP contribution in [0.5, 0.6) is 0 Å². The number of rotatable bonds is 6. The molecule has 0 atom stereocenters. The highest BCUT2D eigenvalue weighted by molar-refractivity contribution is 7.85. The molecule has 1 aliphatic carbocycles. The van der Waals surface area contributed by atoms with E-state index in [-0.39, 0.29) is 11.2 Å². The molecule has 2 aliphatic rings. The first-order valence-corrected chi connectivity index (χ1v) is 13.5. The van der Waals surface area contributed by atoms with Crippen LogP contribution in [0.4, 0.5) is 16.2 Å². The Labute approximate surface area is 211 Å². The predicted molar refractivity (Wildman–Crippen MR) is 140 cm³/mol. The molecule has 3 aromatic carbocycles. The van der Waals surface area contributed by atoms with Gasteiger partial charge in [-0.25, -0.2) is 4.79 Å². The van der Waals surface area contributed by atoms with Crippen LogP contribution in [-0.2, 0) is 20.3 Å². The maximum absolute atomic E-state index is 13.0. The second kappa shape index (κ2) is 8.87. The standard InChI is InChI=1S/C28H28N2O5S/c1-18-28(2,3)24-17-19(13-14-25(24)30(18)15-8-16-36(32,33)34)29-27(31)35-26-22-11-6-4-9-20(22)21-10-5-7-12-23(21)26/h4-7,9-14,17,26H,8,15-16H2,1-3H3,(H-,29,31,32,33,34)/p+1. The first-order chi connectivity index (χ1) is 17.1. The molecule has 7 nitrogen and oxygen atoms in total. The van der Waals surface area contributed by atoms with Gasteiger partial charge in [0.15, 0.2) is 11.8 Å². The number of hydrogen-bond acceptors (Lipinski definition) is 4. The van der Waals surface area contributed by atoms with E-state index in [1.54, 1.807) is 0 Å². The summed E-state index contributed by atoms with van der Waals surface area (Å²) in [7, 11) is -4.00. The largest absolute Gasteiger partial charge is 0.436 e. The predicted octanol–water partition coefficient (Wildman–Crippen LogP) is 5.68. The van der Waals surface area contributed by atoms with Gasteiger partial charge in [-0.2, -0.15) is 13.0 Å². The van der Waals surface area contributed by atoms with Crippen LogP contribution in [0.25, 0.3) is 11.1 Å². The normalized spacial score (nSPS) is 15.9. The van der Waals surface area contributed by atoms with Crippen molar-refractivity contribution in [2.45, 2.75) is 38.7 Å². The van der Waals surface area contributed by atoms with Crippen molar-refractivity contribution in [3.05, 3.63) is 83.4 Å². The smallest absolute Gasteiger partial charge is 0.412 e. The lowest BCUT2D eigenvalue weighted by atomic mass is 9.82. The van der Waals surface area contributed by atoms with Gasteiger partial charge in [0.25, 0.3) is 10.1 Å². The Morgan fingerprint density at radius 3 is 2.25 bits per heavy atom. The van der Waals surface area contributed by atoms with Crippen molar-refractivity contribution in [2.24, 2.45) is 0 Å². The number of nitrogens with one attached hydrogen (secondary N) is 1. The molecule has 186 valence electrons. The lowest BCUT2D eigenvalue weighted by molar-refractivity contribution is -0.438. The van der Waals surface area contributed by atoms with Gasteiger partial charge in [0.2, 0.25) is 5.69 Å². The number of ether oxygens (including phenoxy) is 1. The molecule has 1 aliphatic heterocycles. The van der Waals surface area contributed by atoms with E-state index in [0.29, 0.717) is 18.7 Å². The summed E-state index contributed by atoms with van der Waals surface area (Å²) in [6.45, 7) is 6.68. The van der Waals surface area contributed by atoms with Crippen LogP contribution in [-0.4, -0.2) is 41.6 Å². The zero-order valence-corrected chi connectivity index (χ0v) is 21.3. The van der Waals surface area contributed by atoms with Crippen molar-refractivity contribution in [3.63, 3.8) is 0 Å². The third-order valence-corrected chi connectivity index (χ3v) is 8.11. The van der Waals surface area contributed by atoms with E-state index in [2.05, 4.69) is 23.7 Å². The molecule has 5 rings (SSSR count). The molecule has 3 aromatic rings. The molecule has 0 fully saturated rings. The lowest BCUT2D eigenvalue weighted by Gasteiger charge is -2.17. The van der Waals surface area contributed by atoms with Gasteiger partial charge in [0.05, 0.1) is 11.2 Å². The molecule has 0 radical (unpaired) electrons. The van der Waals surface area contributed by atoms with E-state index < -0.39 is 22.3 Å². The van der Waals surface area contributed by atoms with Crippen LogP contribution in [0, 0.1) is 0 Å². The molecular weight excluding hydrogens is 476 g/mol. The average molecular weight is 506 g/mol. The van der Waals surface area contributed by atoms with Crippen molar-refractivity contribution >= 4 is 33.3 Å². The number of carbonyl (C=O) groups is 1. The molecule has 1 heterocycles. The SMILES string of the molecule is CC1=[N+](CCCS(=O)(=O)O)c2ccc(NC(=O)OC3c4ccccc4-c4ccccc43)cc2C1(C)C. The summed E-state index contributed by atoms with van der Waals surface area (Å²) in [6.07, 6.45) is -0.701. The fourth-order valence-corrected chi connectivity index (χ4v) is 5.74. The van der Waals surface area contributed by atoms with Crippen molar-refractivity contribution in [1.82, 2.24) is 0 Å². The van der Waals surface area contributed by atoms with Crippen LogP contribution in [0.15, 0.2) is 66.7 Å². The fourth-order valence-electron chi connectivity index (χ4n) is 5.25. The third-order valence-electron chi connectivity index (χ3n) is 7.30. The summed E-state index contributed by atoms with van der Waals surface area (Å²) in [6, 6.07) is 21.6. The summed E-state index contributed by atoms with van der Waals surface area (Å²) < 4.78 is 39.4. The highest BCUT2D eigenvalue weighted by Gasteiger charge is 2.43. The van der Waals surface area contributed by atoms with Gasteiger partial charge in [-0.05, 0) is 37.1 Å². The molecular formula is C28H29N2O5S+. The first-order valence-electron chi connectivity index (χ1n) is 11.9. The minimum absolute atomic E-state index is 0.286. The molecule has 8 heteroatoms. The first kappa shape index (κ1) is 24.2. The number of anilines is 1. The minimum Gasteiger partial charge on any atom is -0.436 e. The highest BCUT2D eigenvalue weighted by Crippen LogP contribution is 2.45. The quantitative estimate of drug-likeness (QED) is 0.332. The van der Waals surface area contributed by atoms with E-state index >= 15 is 0 Å². The maximum atomic E-state index is 13.0. The molecule has 0 bridgehead atoms. The highest BCUT2D eigenvalue weighted by atomic mass is 32.2. The Bertz CT molecular complexity index is 1460. The summed E-state index contributed by atoms with van der Waals surface area (Å²) in [5.41, 5.74) is 7.47. The third kappa shape index (κ3) is 4.31. The van der Waals surface area contributed by atoms with E-state index in [1.165, 1.54) is 0 Å². The van der Waals surface area contributed by atoms with Crippen molar-refractivity contribution in [3.8, 4) is 11.1 Å². The summed E-state index contributed by atoms with van der Waals surface area (Å²) in [5, 5.41) is 2.89. The van der Waals surface area contributed by atoms with Gasteiger partial charge in [0.1, 0.15) is 6.54 Å². The van der Waals surface area contributed by atoms with Gasteiger partial charge in [-0.3, -0.25) is 9.87 Å². The Kier molecular flexibility index (Phi) is 5.97. The van der Waals surface area contributed by atoms with E-state index in [0.717, 1.165) is 39.2 Å². The molecule has 2 N–H and O–H groups in total. The fraction of sp³-hybridized carbons (Fsp3) is 0.286. The van der Waals surface area contributed by atoms with Crippen LogP contribution in [0.3, 0.4) is 0 Å². The second-order valence-electron chi connectivity index (χ2n) is 9.82. The van der Waals surface area contributed by atoms with Crippen LogP contribution < -0.4 is 5.32 Å². The van der Waals surface area contributed by atoms with Crippen LogP contribution in [0.2, 0.25) is 0 Å². The monoisotopic (exact) mass is 505 g/mol. The number of benzene rings is 3. The Morgan fingerprint density at radius 2 is 1.64 bits per heavy atom. The van der Waals surface area contributed by atoms with Gasteiger partial charge in [0, 0.05) is 41.8 Å². The minimum atomic E-state index is -4.00. The van der Waals surface area contributed by atoms with E-state index in [1.807, 2.05) is 73.7 Å². The molecule has 0 unspecified atom stereocenters. The number of carbonyl (C=O) groups excluding carboxylic acids is 1. The van der Waals surface area contributed by atoms with Gasteiger partial charge in [-0.15, -0.1) is 0 Å². The number of nitrogens with zero attached hydrogens (tertiary/aromatic N) is 1. The van der Waals surface area contributed by atoms with Crippen molar-refractivity contribution in [1.29, 1.82) is 0 Å². The number of amides is 1. The zero-order chi connectivity index (χ0) is 25.7. The van der Waals surface area contributed by atoms with Crippen molar-refractivity contribution < 1.29 is 27.1 Å². The molecule has 0 saturated heterocycles. The Balaban J connectivity index is 1.35. The molecule has 0 spiro atoms. The van der Waals surface area contributed by atoms with Gasteiger partial charge < -0.3 is 4.74 Å². The average Bonchev–Trinajstić information content (AvgIpc) is 3.23. The number of fused-ring (bicyclic) bond motifs is 4. The Hall–Kier alpha value is -3.49. The van der Waals surface area contributed by atoms with E-state index in [4.69, 9.17) is 9.29 Å². The Morgan fingerprint density at radius 1 is 1.03 bits per heavy atom. The summed E-state index contributed by atoms with van der Waals surface area (Å²) >= 11 is 0. The molecule has 0 aromatic heterocycles. The molecule has 1 amide bonds. The topological polar surface area (TPSA) is 95.7 Å². The number of hydrogen-bond donors (Lipinski definition) is 2. The zero-order valence-electron chi connectivity index (χ0n) is 20.5. The van der Waals surface area contributed by atoms with Gasteiger partial charge >= 0.3 is 6.09 Å². The van der Waals surface area contributed by atoms with Crippen LogP contribution >= 0.6 is 0 Å². The van der Waals surface area contributed by atoms with E-state index in [9.17, 15) is 13.2 Å². The molecule has 0 saturated carbocycles. The summed E-state index contributed by atoms with van der Waals surface area (Å²) in [4.78, 5) is 13.0. The second-order valence-corrected chi connectivity index (χ2v) is 11.4. The molecule has 36 heavy (non-hydrogen) atoms.